The molecule has 1 aliphatic heterocycles. The monoisotopic (exact) mass is 233 g/mol. The molecule has 0 aliphatic carbocycles. The summed E-state index contributed by atoms with van der Waals surface area (Å²) in [5, 5.41) is 10.8. The number of methoxy groups -OCH3 is 1. The summed E-state index contributed by atoms with van der Waals surface area (Å²) in [5.74, 6) is 0.855. The minimum absolute atomic E-state index is 0.193. The van der Waals surface area contributed by atoms with Crippen molar-refractivity contribution in [1.29, 1.82) is 0 Å². The highest BCUT2D eigenvalue weighted by Gasteiger charge is 2.26. The number of aromatic nitrogens is 3. The van der Waals surface area contributed by atoms with Crippen LogP contribution >= 0.6 is 0 Å². The van der Waals surface area contributed by atoms with Crippen molar-refractivity contribution < 1.29 is 4.74 Å². The van der Waals surface area contributed by atoms with Gasteiger partial charge in [0.2, 0.25) is 0 Å². The number of fused-ring (bicyclic) bond motifs is 1. The van der Waals surface area contributed by atoms with Crippen molar-refractivity contribution in [3.63, 3.8) is 0 Å². The minimum atomic E-state index is 0.193. The molecule has 2 N–H and O–H groups in total. The minimum Gasteiger partial charge on any atom is -0.378 e. The second-order valence-electron chi connectivity index (χ2n) is 4.13. The molecular weight excluding hydrogens is 218 g/mol. The molecule has 1 aliphatic rings. The Hall–Kier alpha value is -1.66. The number of ether oxygens (including phenoxy) is 1. The Kier molecular flexibility index (Phi) is 2.66. The molecule has 6 nitrogen and oxygen atoms in total. The van der Waals surface area contributed by atoms with E-state index in [-0.39, 0.29) is 12.1 Å². The highest BCUT2D eigenvalue weighted by Crippen LogP contribution is 2.12. The molecule has 2 atom stereocenters. The van der Waals surface area contributed by atoms with Crippen molar-refractivity contribution in [1.82, 2.24) is 19.9 Å². The fourth-order valence-electron chi connectivity index (χ4n) is 2.13. The standard InChI is InChI=1S/C11H15N5O/c1-17-9-7-12-6-8(9)14-10-3-5-16-11(15-10)2-4-13-16/h2-5,8-9,12H,6-7H2,1H3,(H,14,15)/t8?,9-/m0/s1. The van der Waals surface area contributed by atoms with Crippen LogP contribution < -0.4 is 10.6 Å². The van der Waals surface area contributed by atoms with Gasteiger partial charge in [0, 0.05) is 32.5 Å². The summed E-state index contributed by atoms with van der Waals surface area (Å²) in [5.41, 5.74) is 0.843. The van der Waals surface area contributed by atoms with Crippen LogP contribution in [0.4, 0.5) is 5.82 Å². The molecule has 2 aromatic heterocycles. The van der Waals surface area contributed by atoms with Gasteiger partial charge in [0.15, 0.2) is 5.65 Å². The maximum atomic E-state index is 5.40. The van der Waals surface area contributed by atoms with Crippen LogP contribution in [0.15, 0.2) is 24.5 Å². The van der Waals surface area contributed by atoms with Crippen LogP contribution in [-0.4, -0.2) is 46.9 Å². The third kappa shape index (κ3) is 1.96. The number of hydrogen-bond acceptors (Lipinski definition) is 5. The molecule has 6 heteroatoms. The molecule has 0 aromatic carbocycles. The van der Waals surface area contributed by atoms with Crippen molar-refractivity contribution in [2.24, 2.45) is 0 Å². The van der Waals surface area contributed by atoms with Gasteiger partial charge >= 0.3 is 0 Å². The van der Waals surface area contributed by atoms with Crippen molar-refractivity contribution in [3.05, 3.63) is 24.5 Å². The normalized spacial score (nSPS) is 24.3. The molecular formula is C11H15N5O. The van der Waals surface area contributed by atoms with Crippen LogP contribution in [0, 0.1) is 0 Å². The van der Waals surface area contributed by atoms with Crippen LogP contribution in [0.2, 0.25) is 0 Å². The number of nitrogens with zero attached hydrogens (tertiary/aromatic N) is 3. The average Bonchev–Trinajstić information content (AvgIpc) is 2.96. The first-order chi connectivity index (χ1) is 8.36. The first kappa shape index (κ1) is 10.5. The number of hydrogen-bond donors (Lipinski definition) is 2. The summed E-state index contributed by atoms with van der Waals surface area (Å²) < 4.78 is 7.14. The van der Waals surface area contributed by atoms with E-state index >= 15 is 0 Å². The molecule has 3 rings (SSSR count). The van der Waals surface area contributed by atoms with Gasteiger partial charge in [-0.1, -0.05) is 0 Å². The third-order valence-electron chi connectivity index (χ3n) is 3.05. The van der Waals surface area contributed by atoms with Crippen LogP contribution in [-0.2, 0) is 4.74 Å². The Bertz CT molecular complexity index is 511. The van der Waals surface area contributed by atoms with Crippen LogP contribution in [0.25, 0.3) is 5.65 Å². The van der Waals surface area contributed by atoms with Crippen molar-refractivity contribution in [2.45, 2.75) is 12.1 Å². The second kappa shape index (κ2) is 4.31. The van der Waals surface area contributed by atoms with Gasteiger partial charge in [-0.15, -0.1) is 0 Å². The summed E-state index contributed by atoms with van der Waals surface area (Å²) in [6, 6.07) is 4.06. The lowest BCUT2D eigenvalue weighted by Crippen LogP contribution is -2.33. The van der Waals surface area contributed by atoms with E-state index in [0.717, 1.165) is 24.6 Å². The summed E-state index contributed by atoms with van der Waals surface area (Å²) in [6.45, 7) is 1.77. The van der Waals surface area contributed by atoms with E-state index in [9.17, 15) is 0 Å². The smallest absolute Gasteiger partial charge is 0.157 e. The molecule has 17 heavy (non-hydrogen) atoms. The van der Waals surface area contributed by atoms with Gasteiger partial charge in [-0.2, -0.15) is 5.10 Å². The van der Waals surface area contributed by atoms with E-state index in [1.165, 1.54) is 0 Å². The van der Waals surface area contributed by atoms with E-state index in [1.54, 1.807) is 17.8 Å². The molecule has 2 aromatic rings. The highest BCUT2D eigenvalue weighted by molar-refractivity contribution is 5.46. The zero-order chi connectivity index (χ0) is 11.7. The van der Waals surface area contributed by atoms with E-state index in [4.69, 9.17) is 4.74 Å². The van der Waals surface area contributed by atoms with Gasteiger partial charge in [0.05, 0.1) is 18.3 Å². The quantitative estimate of drug-likeness (QED) is 0.789. The molecule has 0 radical (unpaired) electrons. The Morgan fingerprint density at radius 1 is 1.47 bits per heavy atom. The number of nitrogens with one attached hydrogen (secondary N) is 2. The lowest BCUT2D eigenvalue weighted by molar-refractivity contribution is 0.111. The molecule has 1 saturated heterocycles. The summed E-state index contributed by atoms with van der Waals surface area (Å²) in [6.07, 6.45) is 3.83. The predicted molar refractivity (Wildman–Crippen MR) is 64.1 cm³/mol. The average molecular weight is 233 g/mol. The van der Waals surface area contributed by atoms with E-state index in [2.05, 4.69) is 20.7 Å². The molecule has 1 unspecified atom stereocenters. The van der Waals surface area contributed by atoms with E-state index < -0.39 is 0 Å². The Labute approximate surface area is 99.0 Å². The fraction of sp³-hybridized carbons (Fsp3) is 0.455. The topological polar surface area (TPSA) is 63.5 Å². The Balaban J connectivity index is 1.79. The van der Waals surface area contributed by atoms with Crippen LogP contribution in [0.1, 0.15) is 0 Å². The largest absolute Gasteiger partial charge is 0.378 e. The summed E-state index contributed by atoms with van der Waals surface area (Å²) >= 11 is 0. The zero-order valence-electron chi connectivity index (χ0n) is 9.63. The highest BCUT2D eigenvalue weighted by atomic mass is 16.5. The molecule has 3 heterocycles. The van der Waals surface area contributed by atoms with Crippen molar-refractivity contribution >= 4 is 11.5 Å². The van der Waals surface area contributed by atoms with E-state index in [1.807, 2.05) is 18.3 Å². The summed E-state index contributed by atoms with van der Waals surface area (Å²) in [4.78, 5) is 4.47. The van der Waals surface area contributed by atoms with Crippen LogP contribution in [0.5, 0.6) is 0 Å². The van der Waals surface area contributed by atoms with E-state index in [0.29, 0.717) is 0 Å². The van der Waals surface area contributed by atoms with Gasteiger partial charge in [0.25, 0.3) is 0 Å². The number of rotatable bonds is 3. The second-order valence-corrected chi connectivity index (χ2v) is 4.13. The number of anilines is 1. The van der Waals surface area contributed by atoms with Gasteiger partial charge in [-0.3, -0.25) is 0 Å². The van der Waals surface area contributed by atoms with Crippen molar-refractivity contribution in [2.75, 3.05) is 25.5 Å². The SMILES string of the molecule is CO[C@H]1CNCC1Nc1ccn2nccc2n1. The lowest BCUT2D eigenvalue weighted by Gasteiger charge is -2.18. The van der Waals surface area contributed by atoms with Gasteiger partial charge in [-0.25, -0.2) is 9.50 Å². The zero-order valence-corrected chi connectivity index (χ0v) is 9.63. The van der Waals surface area contributed by atoms with Gasteiger partial charge in [-0.05, 0) is 6.07 Å². The predicted octanol–water partition coefficient (Wildman–Crippen LogP) is 0.128. The summed E-state index contributed by atoms with van der Waals surface area (Å²) in [7, 11) is 1.74. The maximum Gasteiger partial charge on any atom is 0.157 e. The molecule has 0 saturated carbocycles. The molecule has 0 amide bonds. The fourth-order valence-corrected chi connectivity index (χ4v) is 2.13. The first-order valence-corrected chi connectivity index (χ1v) is 5.67. The van der Waals surface area contributed by atoms with Gasteiger partial charge < -0.3 is 15.4 Å². The van der Waals surface area contributed by atoms with Crippen molar-refractivity contribution in [3.8, 4) is 0 Å². The Morgan fingerprint density at radius 3 is 3.29 bits per heavy atom. The Morgan fingerprint density at radius 2 is 2.41 bits per heavy atom. The maximum absolute atomic E-state index is 5.40. The molecule has 1 fully saturated rings. The van der Waals surface area contributed by atoms with Crippen LogP contribution in [0.3, 0.4) is 0 Å². The third-order valence-corrected chi connectivity index (χ3v) is 3.05. The molecule has 0 bridgehead atoms. The first-order valence-electron chi connectivity index (χ1n) is 5.67. The van der Waals surface area contributed by atoms with Gasteiger partial charge in [0.1, 0.15) is 5.82 Å². The molecule has 0 spiro atoms. The molecule has 90 valence electrons. The lowest BCUT2D eigenvalue weighted by atomic mass is 10.2.